The molecule has 0 unspecified atom stereocenters. The summed E-state index contributed by atoms with van der Waals surface area (Å²) in [5.41, 5.74) is 3.20. The maximum absolute atomic E-state index is 12.0. The average molecular weight is 233 g/mol. The molecule has 0 aliphatic carbocycles. The molecule has 0 heterocycles. The predicted molar refractivity (Wildman–Crippen MR) is 72.6 cm³/mol. The molecule has 0 spiro atoms. The molecule has 0 aliphatic heterocycles. The molecule has 0 amide bonds. The Balaban J connectivity index is 2.59. The van der Waals surface area contributed by atoms with E-state index in [4.69, 9.17) is 0 Å². The maximum atomic E-state index is 12.0. The van der Waals surface area contributed by atoms with E-state index in [0.29, 0.717) is 6.42 Å². The summed E-state index contributed by atoms with van der Waals surface area (Å²) < 4.78 is 0. The molecule has 0 bridgehead atoms. The molecule has 0 saturated carbocycles. The normalized spacial score (nSPS) is 11.6. The molecular formula is C15H23NO. The summed E-state index contributed by atoms with van der Waals surface area (Å²) in [5.74, 6) is 0.222. The molecule has 0 saturated heterocycles. The molecule has 94 valence electrons. The number of benzene rings is 1. The minimum atomic E-state index is 0.0720. The van der Waals surface area contributed by atoms with Gasteiger partial charge in [0.2, 0.25) is 0 Å². The first kappa shape index (κ1) is 13.9. The summed E-state index contributed by atoms with van der Waals surface area (Å²) in [6.45, 7) is 11.1. The van der Waals surface area contributed by atoms with E-state index in [1.54, 1.807) is 0 Å². The second-order valence-corrected chi connectivity index (χ2v) is 5.67. The lowest BCUT2D eigenvalue weighted by molar-refractivity contribution is 0.0980. The van der Waals surface area contributed by atoms with E-state index >= 15 is 0 Å². The Labute approximate surface area is 104 Å². The van der Waals surface area contributed by atoms with Gasteiger partial charge >= 0.3 is 0 Å². The first-order chi connectivity index (χ1) is 7.79. The Kier molecular flexibility index (Phi) is 4.47. The fraction of sp³-hybridized carbons (Fsp3) is 0.533. The summed E-state index contributed by atoms with van der Waals surface area (Å²) in [6.07, 6.45) is 0.557. The van der Waals surface area contributed by atoms with Gasteiger partial charge in [0, 0.05) is 24.1 Å². The minimum absolute atomic E-state index is 0.0720. The number of ketones is 1. The highest BCUT2D eigenvalue weighted by molar-refractivity contribution is 5.97. The molecule has 1 aromatic rings. The first-order valence-corrected chi connectivity index (χ1v) is 6.15. The van der Waals surface area contributed by atoms with E-state index in [1.807, 2.05) is 26.0 Å². The van der Waals surface area contributed by atoms with Gasteiger partial charge in [0.1, 0.15) is 0 Å². The number of nitrogens with one attached hydrogen (secondary N) is 1. The quantitative estimate of drug-likeness (QED) is 0.809. The van der Waals surface area contributed by atoms with Crippen LogP contribution in [0.4, 0.5) is 0 Å². The van der Waals surface area contributed by atoms with Gasteiger partial charge in [-0.15, -0.1) is 0 Å². The van der Waals surface area contributed by atoms with E-state index < -0.39 is 0 Å². The van der Waals surface area contributed by atoms with E-state index in [-0.39, 0.29) is 11.3 Å². The van der Waals surface area contributed by atoms with Crippen molar-refractivity contribution in [3.63, 3.8) is 0 Å². The largest absolute Gasteiger partial charge is 0.312 e. The lowest BCUT2D eigenvalue weighted by atomic mass is 10.00. The topological polar surface area (TPSA) is 29.1 Å². The molecule has 1 N–H and O–H groups in total. The van der Waals surface area contributed by atoms with Crippen molar-refractivity contribution >= 4 is 5.78 Å². The first-order valence-electron chi connectivity index (χ1n) is 6.15. The Bertz CT molecular complexity index is 402. The zero-order valence-electron chi connectivity index (χ0n) is 11.6. The van der Waals surface area contributed by atoms with Gasteiger partial charge in [-0.2, -0.15) is 0 Å². The standard InChI is InChI=1S/C15H23NO/c1-11-6-7-13(12(2)10-11)14(17)8-9-16-15(3,4)5/h6-7,10,16H,8-9H2,1-5H3. The van der Waals surface area contributed by atoms with Gasteiger partial charge in [0.05, 0.1) is 0 Å². The zero-order chi connectivity index (χ0) is 13.1. The SMILES string of the molecule is Cc1ccc(C(=O)CCNC(C)(C)C)c(C)c1. The maximum Gasteiger partial charge on any atom is 0.164 e. The highest BCUT2D eigenvalue weighted by atomic mass is 16.1. The van der Waals surface area contributed by atoms with Gasteiger partial charge in [-0.1, -0.05) is 23.8 Å². The third-order valence-corrected chi connectivity index (χ3v) is 2.69. The van der Waals surface area contributed by atoms with E-state index in [2.05, 4.69) is 32.2 Å². The lowest BCUT2D eigenvalue weighted by Crippen LogP contribution is -2.37. The van der Waals surface area contributed by atoms with Gasteiger partial charge in [-0.3, -0.25) is 4.79 Å². The Morgan fingerprint density at radius 1 is 1.24 bits per heavy atom. The second-order valence-electron chi connectivity index (χ2n) is 5.67. The van der Waals surface area contributed by atoms with Crippen LogP contribution in [0, 0.1) is 13.8 Å². The Hall–Kier alpha value is -1.15. The van der Waals surface area contributed by atoms with Gasteiger partial charge < -0.3 is 5.32 Å². The number of rotatable bonds is 4. The number of hydrogen-bond donors (Lipinski definition) is 1. The molecule has 17 heavy (non-hydrogen) atoms. The smallest absolute Gasteiger partial charge is 0.164 e. The highest BCUT2D eigenvalue weighted by Crippen LogP contribution is 2.12. The van der Waals surface area contributed by atoms with Crippen molar-refractivity contribution < 1.29 is 4.79 Å². The molecule has 0 radical (unpaired) electrons. The van der Waals surface area contributed by atoms with Crippen molar-refractivity contribution in [3.8, 4) is 0 Å². The van der Waals surface area contributed by atoms with Gasteiger partial charge in [0.15, 0.2) is 5.78 Å². The zero-order valence-corrected chi connectivity index (χ0v) is 11.6. The monoisotopic (exact) mass is 233 g/mol. The molecular weight excluding hydrogens is 210 g/mol. The lowest BCUT2D eigenvalue weighted by Gasteiger charge is -2.20. The van der Waals surface area contributed by atoms with Crippen LogP contribution in [0.5, 0.6) is 0 Å². The van der Waals surface area contributed by atoms with Crippen LogP contribution in [-0.4, -0.2) is 17.9 Å². The molecule has 0 aliphatic rings. The minimum Gasteiger partial charge on any atom is -0.312 e. The highest BCUT2D eigenvalue weighted by Gasteiger charge is 2.12. The summed E-state index contributed by atoms with van der Waals surface area (Å²) in [5, 5.41) is 3.33. The van der Waals surface area contributed by atoms with Crippen molar-refractivity contribution in [1.82, 2.24) is 5.32 Å². The Morgan fingerprint density at radius 3 is 2.41 bits per heavy atom. The Morgan fingerprint density at radius 2 is 1.88 bits per heavy atom. The van der Waals surface area contributed by atoms with Crippen molar-refractivity contribution in [2.75, 3.05) is 6.54 Å². The van der Waals surface area contributed by atoms with Crippen molar-refractivity contribution in [1.29, 1.82) is 0 Å². The molecule has 2 nitrogen and oxygen atoms in total. The van der Waals surface area contributed by atoms with Crippen LogP contribution in [0.1, 0.15) is 48.7 Å². The summed E-state index contributed by atoms with van der Waals surface area (Å²) in [6, 6.07) is 5.99. The van der Waals surface area contributed by atoms with Crippen LogP contribution in [0.25, 0.3) is 0 Å². The van der Waals surface area contributed by atoms with Crippen LogP contribution >= 0.6 is 0 Å². The van der Waals surface area contributed by atoms with Crippen LogP contribution in [0.15, 0.2) is 18.2 Å². The van der Waals surface area contributed by atoms with Gasteiger partial charge in [-0.25, -0.2) is 0 Å². The van der Waals surface area contributed by atoms with Gasteiger partial charge in [-0.05, 0) is 40.2 Å². The average Bonchev–Trinajstić information content (AvgIpc) is 2.15. The second kappa shape index (κ2) is 5.46. The van der Waals surface area contributed by atoms with Crippen LogP contribution in [0.3, 0.4) is 0 Å². The summed E-state index contributed by atoms with van der Waals surface area (Å²) >= 11 is 0. The van der Waals surface area contributed by atoms with Crippen LogP contribution < -0.4 is 5.32 Å². The third-order valence-electron chi connectivity index (χ3n) is 2.69. The van der Waals surface area contributed by atoms with E-state index in [1.165, 1.54) is 5.56 Å². The summed E-state index contributed by atoms with van der Waals surface area (Å²) in [4.78, 5) is 12.0. The molecule has 0 fully saturated rings. The molecule has 0 atom stereocenters. The molecule has 1 rings (SSSR count). The molecule has 2 heteroatoms. The van der Waals surface area contributed by atoms with Crippen LogP contribution in [-0.2, 0) is 0 Å². The summed E-state index contributed by atoms with van der Waals surface area (Å²) in [7, 11) is 0. The van der Waals surface area contributed by atoms with Crippen molar-refractivity contribution in [3.05, 3.63) is 34.9 Å². The molecule has 1 aromatic carbocycles. The predicted octanol–water partition coefficient (Wildman–Crippen LogP) is 3.26. The fourth-order valence-corrected chi connectivity index (χ4v) is 1.81. The van der Waals surface area contributed by atoms with Gasteiger partial charge in [0.25, 0.3) is 0 Å². The van der Waals surface area contributed by atoms with E-state index in [0.717, 1.165) is 17.7 Å². The number of carbonyl (C=O) groups is 1. The molecule has 0 aromatic heterocycles. The third kappa shape index (κ3) is 4.70. The number of Topliss-reactive ketones (excluding diaryl/α,β-unsaturated/α-hetero) is 1. The number of carbonyl (C=O) groups excluding carboxylic acids is 1. The number of aryl methyl sites for hydroxylation is 2. The van der Waals surface area contributed by atoms with E-state index in [9.17, 15) is 4.79 Å². The van der Waals surface area contributed by atoms with Crippen molar-refractivity contribution in [2.24, 2.45) is 0 Å². The van der Waals surface area contributed by atoms with Crippen molar-refractivity contribution in [2.45, 2.75) is 46.6 Å². The number of hydrogen-bond acceptors (Lipinski definition) is 2. The van der Waals surface area contributed by atoms with Crippen LogP contribution in [0.2, 0.25) is 0 Å². The fourth-order valence-electron chi connectivity index (χ4n) is 1.81.